The minimum Gasteiger partial charge on any atom is -0.455 e. The molecule has 4 heteroatoms. The van der Waals surface area contributed by atoms with Gasteiger partial charge in [-0.3, -0.25) is 9.69 Å². The Morgan fingerprint density at radius 2 is 1.58 bits per heavy atom. The van der Waals surface area contributed by atoms with Crippen LogP contribution in [0.25, 0.3) is 33.4 Å². The number of rotatable bonds is 3. The molecule has 3 aromatic carbocycles. The van der Waals surface area contributed by atoms with Gasteiger partial charge >= 0.3 is 0 Å². The van der Waals surface area contributed by atoms with Gasteiger partial charge in [0.1, 0.15) is 11.3 Å². The van der Waals surface area contributed by atoms with Gasteiger partial charge in [-0.2, -0.15) is 0 Å². The van der Waals surface area contributed by atoms with Gasteiger partial charge in [-0.25, -0.2) is 0 Å². The van der Waals surface area contributed by atoms with Crippen molar-refractivity contribution in [2.45, 2.75) is 25.3 Å². The van der Waals surface area contributed by atoms with E-state index in [1.807, 2.05) is 72.8 Å². The fourth-order valence-corrected chi connectivity index (χ4v) is 5.01. The molecule has 0 saturated carbocycles. The SMILES string of the molecule is CN1CCCCC1c1ccc2oc(-c3ccccc3)c(-c3ccccc3)c(=O)c2c1Cl. The van der Waals surface area contributed by atoms with Crippen molar-refractivity contribution in [2.75, 3.05) is 13.6 Å². The molecule has 1 aromatic heterocycles. The summed E-state index contributed by atoms with van der Waals surface area (Å²) >= 11 is 6.92. The van der Waals surface area contributed by atoms with Crippen molar-refractivity contribution >= 4 is 22.6 Å². The van der Waals surface area contributed by atoms with E-state index in [1.54, 1.807) is 0 Å². The van der Waals surface area contributed by atoms with Crippen molar-refractivity contribution < 1.29 is 4.42 Å². The van der Waals surface area contributed by atoms with Crippen LogP contribution in [0.2, 0.25) is 5.02 Å². The molecule has 0 amide bonds. The van der Waals surface area contributed by atoms with Gasteiger partial charge in [0.25, 0.3) is 0 Å². The Hall–Kier alpha value is -2.88. The van der Waals surface area contributed by atoms with Crippen LogP contribution < -0.4 is 5.43 Å². The highest BCUT2D eigenvalue weighted by molar-refractivity contribution is 6.36. The molecule has 1 saturated heterocycles. The molecule has 156 valence electrons. The van der Waals surface area contributed by atoms with E-state index >= 15 is 0 Å². The first-order valence-corrected chi connectivity index (χ1v) is 11.1. The maximum atomic E-state index is 13.9. The first-order valence-electron chi connectivity index (χ1n) is 10.8. The molecule has 0 aliphatic carbocycles. The molecule has 5 rings (SSSR count). The van der Waals surface area contributed by atoms with E-state index in [0.29, 0.717) is 27.3 Å². The quantitative estimate of drug-likeness (QED) is 0.353. The molecule has 1 aliphatic rings. The molecule has 4 aromatic rings. The summed E-state index contributed by atoms with van der Waals surface area (Å²) in [5, 5.41) is 0.985. The van der Waals surface area contributed by atoms with Gasteiger partial charge < -0.3 is 4.42 Å². The van der Waals surface area contributed by atoms with Crippen molar-refractivity contribution in [3.63, 3.8) is 0 Å². The van der Waals surface area contributed by atoms with Crippen molar-refractivity contribution in [1.29, 1.82) is 0 Å². The molecule has 0 spiro atoms. The van der Waals surface area contributed by atoms with Crippen molar-refractivity contribution in [3.8, 4) is 22.5 Å². The van der Waals surface area contributed by atoms with Crippen LogP contribution in [-0.4, -0.2) is 18.5 Å². The average molecular weight is 430 g/mol. The Bertz CT molecular complexity index is 1280. The second-order valence-electron chi connectivity index (χ2n) is 8.20. The molecule has 1 aliphatic heterocycles. The standard InChI is InChI=1S/C27H24ClNO2/c1-29-17-9-8-14-21(29)20-15-16-22-24(25(20)28)26(30)23(18-10-4-2-5-11-18)27(31-22)19-12-6-3-7-13-19/h2-7,10-13,15-16,21H,8-9,14,17H2,1H3. The number of piperidine rings is 1. The van der Waals surface area contributed by atoms with Crippen LogP contribution in [0.5, 0.6) is 0 Å². The zero-order chi connectivity index (χ0) is 21.4. The third-order valence-electron chi connectivity index (χ3n) is 6.25. The Morgan fingerprint density at radius 1 is 0.903 bits per heavy atom. The van der Waals surface area contributed by atoms with Gasteiger partial charge in [-0.05, 0) is 43.6 Å². The summed E-state index contributed by atoms with van der Waals surface area (Å²) in [5.41, 5.74) is 3.69. The molecule has 1 unspecified atom stereocenters. The zero-order valence-corrected chi connectivity index (χ0v) is 18.2. The molecule has 0 bridgehead atoms. The molecule has 1 fully saturated rings. The predicted molar refractivity (Wildman–Crippen MR) is 128 cm³/mol. The third kappa shape index (κ3) is 3.58. The topological polar surface area (TPSA) is 33.5 Å². The van der Waals surface area contributed by atoms with Crippen LogP contribution in [0, 0.1) is 0 Å². The van der Waals surface area contributed by atoms with Crippen LogP contribution in [0.4, 0.5) is 0 Å². The van der Waals surface area contributed by atoms with E-state index < -0.39 is 0 Å². The highest BCUT2D eigenvalue weighted by Gasteiger charge is 2.26. The van der Waals surface area contributed by atoms with E-state index in [0.717, 1.165) is 29.7 Å². The highest BCUT2D eigenvalue weighted by Crippen LogP contribution is 2.39. The second-order valence-corrected chi connectivity index (χ2v) is 8.58. The first-order chi connectivity index (χ1) is 15.1. The summed E-state index contributed by atoms with van der Waals surface area (Å²) in [7, 11) is 2.13. The van der Waals surface area contributed by atoms with Crippen molar-refractivity contribution in [3.05, 3.63) is 93.6 Å². The smallest absolute Gasteiger partial charge is 0.202 e. The van der Waals surface area contributed by atoms with Crippen molar-refractivity contribution in [2.24, 2.45) is 0 Å². The lowest BCUT2D eigenvalue weighted by atomic mass is 9.93. The number of nitrogens with zero attached hydrogens (tertiary/aromatic N) is 1. The van der Waals surface area contributed by atoms with E-state index in [4.69, 9.17) is 16.0 Å². The van der Waals surface area contributed by atoms with Crippen LogP contribution in [0.3, 0.4) is 0 Å². The fraction of sp³-hybridized carbons (Fsp3) is 0.222. The number of hydrogen-bond donors (Lipinski definition) is 0. The monoisotopic (exact) mass is 429 g/mol. The summed E-state index contributed by atoms with van der Waals surface area (Å²) in [6.07, 6.45) is 3.40. The molecule has 0 radical (unpaired) electrons. The number of halogens is 1. The Morgan fingerprint density at radius 3 is 2.26 bits per heavy atom. The van der Waals surface area contributed by atoms with Gasteiger partial charge in [-0.15, -0.1) is 0 Å². The predicted octanol–water partition coefficient (Wildman–Crippen LogP) is 6.94. The summed E-state index contributed by atoms with van der Waals surface area (Å²) in [6, 6.07) is 23.6. The fourth-order valence-electron chi connectivity index (χ4n) is 4.65. The largest absolute Gasteiger partial charge is 0.455 e. The van der Waals surface area contributed by atoms with E-state index in [1.165, 1.54) is 12.8 Å². The van der Waals surface area contributed by atoms with Crippen LogP contribution in [0.15, 0.2) is 82.0 Å². The van der Waals surface area contributed by atoms with Gasteiger partial charge in [-0.1, -0.05) is 84.8 Å². The summed E-state index contributed by atoms with van der Waals surface area (Å²) in [6.45, 7) is 1.04. The summed E-state index contributed by atoms with van der Waals surface area (Å²) in [4.78, 5) is 16.2. The maximum absolute atomic E-state index is 13.9. The van der Waals surface area contributed by atoms with Gasteiger partial charge in [0.05, 0.1) is 16.0 Å². The lowest BCUT2D eigenvalue weighted by Crippen LogP contribution is -2.29. The van der Waals surface area contributed by atoms with E-state index in [2.05, 4.69) is 11.9 Å². The maximum Gasteiger partial charge on any atom is 0.202 e. The minimum absolute atomic E-state index is 0.0865. The van der Waals surface area contributed by atoms with Crippen molar-refractivity contribution in [1.82, 2.24) is 4.90 Å². The van der Waals surface area contributed by atoms with Gasteiger partial charge in [0.2, 0.25) is 5.43 Å². The van der Waals surface area contributed by atoms with E-state index in [-0.39, 0.29) is 11.5 Å². The summed E-state index contributed by atoms with van der Waals surface area (Å²) in [5.74, 6) is 0.572. The Balaban J connectivity index is 1.80. The molecule has 31 heavy (non-hydrogen) atoms. The second kappa shape index (κ2) is 8.33. The molecular formula is C27H24ClNO2. The molecule has 3 nitrogen and oxygen atoms in total. The lowest BCUT2D eigenvalue weighted by Gasteiger charge is -2.33. The average Bonchev–Trinajstić information content (AvgIpc) is 2.81. The highest BCUT2D eigenvalue weighted by atomic mass is 35.5. The zero-order valence-electron chi connectivity index (χ0n) is 17.5. The van der Waals surface area contributed by atoms with Gasteiger partial charge in [0, 0.05) is 11.6 Å². The first kappa shape index (κ1) is 20.0. The van der Waals surface area contributed by atoms with Crippen LogP contribution in [-0.2, 0) is 0 Å². The minimum atomic E-state index is -0.0865. The molecular weight excluding hydrogens is 406 g/mol. The van der Waals surface area contributed by atoms with Crippen LogP contribution >= 0.6 is 11.6 Å². The third-order valence-corrected chi connectivity index (χ3v) is 6.66. The molecule has 2 heterocycles. The Kier molecular flexibility index (Phi) is 5.39. The normalized spacial score (nSPS) is 17.2. The molecule has 0 N–H and O–H groups in total. The van der Waals surface area contributed by atoms with E-state index in [9.17, 15) is 4.79 Å². The summed E-state index contributed by atoms with van der Waals surface area (Å²) < 4.78 is 6.37. The van der Waals surface area contributed by atoms with Crippen LogP contribution in [0.1, 0.15) is 30.9 Å². The number of benzene rings is 3. The van der Waals surface area contributed by atoms with Gasteiger partial charge in [0.15, 0.2) is 0 Å². The number of hydrogen-bond acceptors (Lipinski definition) is 3. The Labute approximate surface area is 186 Å². The lowest BCUT2D eigenvalue weighted by molar-refractivity contribution is 0.187. The number of likely N-dealkylation sites (tertiary alicyclic amines) is 1. The molecule has 1 atom stereocenters. The number of fused-ring (bicyclic) bond motifs is 1.